The van der Waals surface area contributed by atoms with Gasteiger partial charge in [0.05, 0.1) is 28.9 Å². The third-order valence-corrected chi connectivity index (χ3v) is 10.2. The molecule has 0 spiro atoms. The van der Waals surface area contributed by atoms with Gasteiger partial charge in [0.15, 0.2) is 5.78 Å². The van der Waals surface area contributed by atoms with Gasteiger partial charge >= 0.3 is 5.97 Å². The van der Waals surface area contributed by atoms with Gasteiger partial charge in [-0.2, -0.15) is 0 Å². The first kappa shape index (κ1) is 31.0. The molecule has 0 saturated heterocycles. The Morgan fingerprint density at radius 2 is 1.70 bits per heavy atom. The van der Waals surface area contributed by atoms with E-state index in [1.54, 1.807) is 16.2 Å². The quantitative estimate of drug-likeness (QED) is 0.216. The Kier molecular flexibility index (Phi) is 10.0. The fourth-order valence-corrected chi connectivity index (χ4v) is 7.67. The Bertz CT molecular complexity index is 1460. The van der Waals surface area contributed by atoms with Crippen molar-refractivity contribution in [1.82, 2.24) is 9.88 Å². The van der Waals surface area contributed by atoms with Gasteiger partial charge in [-0.1, -0.05) is 12.1 Å². The minimum Gasteiger partial charge on any atom is -0.469 e. The van der Waals surface area contributed by atoms with Gasteiger partial charge in [0.2, 0.25) is 11.8 Å². The van der Waals surface area contributed by atoms with E-state index in [1.807, 2.05) is 60.2 Å². The molecule has 2 fully saturated rings. The summed E-state index contributed by atoms with van der Waals surface area (Å²) in [4.78, 5) is 53.7. The number of esters is 1. The predicted octanol–water partition coefficient (Wildman–Crippen LogP) is 6.29. The van der Waals surface area contributed by atoms with Gasteiger partial charge in [-0.3, -0.25) is 19.2 Å². The van der Waals surface area contributed by atoms with Crippen LogP contribution in [0.2, 0.25) is 0 Å². The molecule has 1 N–H and O–H groups in total. The van der Waals surface area contributed by atoms with Crippen LogP contribution in [0.15, 0.2) is 41.8 Å². The van der Waals surface area contributed by atoms with E-state index >= 15 is 0 Å². The second-order valence-corrected chi connectivity index (χ2v) is 13.1. The number of likely N-dealkylation sites (N-methyl/N-ethyl adjacent to an activating group) is 1. The third-order valence-electron chi connectivity index (χ3n) is 9.33. The second kappa shape index (κ2) is 13.9. The number of rotatable bonds is 10. The molecule has 0 aliphatic heterocycles. The van der Waals surface area contributed by atoms with E-state index < -0.39 is 0 Å². The number of hydrogen-bond donors (Lipinski definition) is 1. The molecule has 230 valence electrons. The molecule has 1 aromatic carbocycles. The number of nitrogens with one attached hydrogen (secondary N) is 1. The Hall–Kier alpha value is -3.46. The highest BCUT2D eigenvalue weighted by atomic mass is 32.1. The molecule has 2 aromatic heterocycles. The van der Waals surface area contributed by atoms with Crippen LogP contribution in [0.4, 0.5) is 5.69 Å². The van der Waals surface area contributed by atoms with Gasteiger partial charge in [-0.15, -0.1) is 11.3 Å². The molecule has 8 nitrogen and oxygen atoms in total. The lowest BCUT2D eigenvalue weighted by Crippen LogP contribution is -2.42. The van der Waals surface area contributed by atoms with E-state index in [2.05, 4.69) is 5.32 Å². The van der Waals surface area contributed by atoms with E-state index in [1.165, 1.54) is 7.11 Å². The summed E-state index contributed by atoms with van der Waals surface area (Å²) >= 11 is 1.58. The molecule has 2 saturated carbocycles. The first-order valence-electron chi connectivity index (χ1n) is 15.6. The molecule has 0 radical (unpaired) electrons. The summed E-state index contributed by atoms with van der Waals surface area (Å²) in [6.07, 6.45) is 6.75. The molecule has 2 aliphatic carbocycles. The lowest BCUT2D eigenvalue weighted by molar-refractivity contribution is -0.146. The largest absolute Gasteiger partial charge is 0.469 e. The molecule has 9 heteroatoms. The molecular formula is C34H43N3O5S. The van der Waals surface area contributed by atoms with Gasteiger partial charge < -0.3 is 19.5 Å². The molecule has 0 unspecified atom stereocenters. The topological polar surface area (TPSA) is 97.7 Å². The van der Waals surface area contributed by atoms with Crippen molar-refractivity contribution in [2.75, 3.05) is 18.6 Å². The van der Waals surface area contributed by atoms with E-state index in [9.17, 15) is 19.2 Å². The Balaban J connectivity index is 1.17. The summed E-state index contributed by atoms with van der Waals surface area (Å²) in [5.74, 6) is 0.109. The van der Waals surface area contributed by atoms with E-state index in [-0.39, 0.29) is 53.9 Å². The van der Waals surface area contributed by atoms with Crippen molar-refractivity contribution in [1.29, 1.82) is 0 Å². The molecule has 2 aliphatic rings. The highest BCUT2D eigenvalue weighted by Crippen LogP contribution is 2.34. The zero-order valence-corrected chi connectivity index (χ0v) is 26.3. The monoisotopic (exact) mass is 605 g/mol. The summed E-state index contributed by atoms with van der Waals surface area (Å²) < 4.78 is 7.77. The van der Waals surface area contributed by atoms with Gasteiger partial charge in [0.25, 0.3) is 0 Å². The van der Waals surface area contributed by atoms with Crippen molar-refractivity contribution in [3.8, 4) is 0 Å². The van der Waals surface area contributed by atoms with Gasteiger partial charge in [-0.05, 0) is 106 Å². The van der Waals surface area contributed by atoms with Crippen molar-refractivity contribution in [3.63, 3.8) is 0 Å². The number of amides is 2. The predicted molar refractivity (Wildman–Crippen MR) is 169 cm³/mol. The van der Waals surface area contributed by atoms with Crippen LogP contribution in [0.3, 0.4) is 0 Å². The summed E-state index contributed by atoms with van der Waals surface area (Å²) in [6, 6.07) is 12.0. The number of hydrogen-bond acceptors (Lipinski definition) is 6. The number of aromatic nitrogens is 1. The second-order valence-electron chi connectivity index (χ2n) is 12.2. The zero-order valence-electron chi connectivity index (χ0n) is 25.5. The average Bonchev–Trinajstić information content (AvgIpc) is 3.60. The van der Waals surface area contributed by atoms with Crippen molar-refractivity contribution >= 4 is 50.8 Å². The third kappa shape index (κ3) is 7.20. The number of ketones is 1. The van der Waals surface area contributed by atoms with Crippen LogP contribution >= 0.6 is 11.3 Å². The van der Waals surface area contributed by atoms with Crippen LogP contribution in [0.5, 0.6) is 0 Å². The number of Topliss-reactive ketones (excluding diaryl/α,β-unsaturated/α-hetero) is 1. The Morgan fingerprint density at radius 1 is 0.977 bits per heavy atom. The summed E-state index contributed by atoms with van der Waals surface area (Å²) in [5, 5.41) is 5.21. The highest BCUT2D eigenvalue weighted by molar-refractivity contribution is 7.17. The maximum Gasteiger partial charge on any atom is 0.308 e. The number of ether oxygens (including phenoxy) is 1. The van der Waals surface area contributed by atoms with E-state index in [0.29, 0.717) is 18.7 Å². The van der Waals surface area contributed by atoms with Crippen molar-refractivity contribution in [2.45, 2.75) is 84.2 Å². The van der Waals surface area contributed by atoms with Crippen molar-refractivity contribution in [2.24, 2.45) is 17.8 Å². The van der Waals surface area contributed by atoms with Gasteiger partial charge in [0, 0.05) is 30.6 Å². The standard InChI is InChI=1S/C34H43N3O5S/c1-4-36(27-7-5-6-22(2)18-27)32(39)21-37-28-16-17-43-31(28)20-29(37)30(38)19-23-8-10-24(11-9-23)33(40)35-26-14-12-25(13-15-26)34(41)42-3/h5-7,16-18,20,23-26H,4,8-15,19,21H2,1-3H3,(H,35,40). The van der Waals surface area contributed by atoms with Crippen LogP contribution in [0.25, 0.3) is 10.2 Å². The number of aryl methyl sites for hydroxylation is 1. The number of nitrogens with zero attached hydrogens (tertiary/aromatic N) is 2. The Morgan fingerprint density at radius 3 is 2.37 bits per heavy atom. The average molecular weight is 606 g/mol. The SMILES string of the molecule is CCN(C(=O)Cn1c(C(=O)CC2CCC(C(=O)NC3CCC(C(=O)OC)CC3)CC2)cc2sccc21)c1cccc(C)c1. The minimum atomic E-state index is -0.151. The number of thiophene rings is 1. The summed E-state index contributed by atoms with van der Waals surface area (Å²) in [5.41, 5.74) is 3.47. The maximum atomic E-state index is 13.7. The van der Waals surface area contributed by atoms with E-state index in [4.69, 9.17) is 4.74 Å². The van der Waals surface area contributed by atoms with Crippen LogP contribution in [-0.2, 0) is 25.7 Å². The molecule has 5 rings (SSSR count). The van der Waals surface area contributed by atoms with Crippen molar-refractivity contribution in [3.05, 3.63) is 53.0 Å². The minimum absolute atomic E-state index is 0.0295. The fraction of sp³-hybridized carbons (Fsp3) is 0.529. The first-order chi connectivity index (χ1) is 20.8. The van der Waals surface area contributed by atoms with Crippen LogP contribution in [0, 0.1) is 24.7 Å². The van der Waals surface area contributed by atoms with Gasteiger partial charge in [-0.25, -0.2) is 0 Å². The van der Waals surface area contributed by atoms with Gasteiger partial charge in [0.1, 0.15) is 6.54 Å². The van der Waals surface area contributed by atoms with Crippen LogP contribution in [0.1, 0.15) is 80.8 Å². The number of benzene rings is 1. The zero-order chi connectivity index (χ0) is 30.5. The molecule has 3 aromatic rings. The maximum absolute atomic E-state index is 13.7. The molecular weight excluding hydrogens is 562 g/mol. The molecule has 43 heavy (non-hydrogen) atoms. The smallest absolute Gasteiger partial charge is 0.308 e. The first-order valence-corrected chi connectivity index (χ1v) is 16.5. The van der Waals surface area contributed by atoms with E-state index in [0.717, 1.165) is 72.8 Å². The highest BCUT2D eigenvalue weighted by Gasteiger charge is 2.32. The summed E-state index contributed by atoms with van der Waals surface area (Å²) in [6.45, 7) is 4.63. The number of carbonyl (C=O) groups excluding carboxylic acids is 4. The normalized spacial score (nSPS) is 22.2. The summed E-state index contributed by atoms with van der Waals surface area (Å²) in [7, 11) is 1.43. The van der Waals surface area contributed by atoms with Crippen molar-refractivity contribution < 1.29 is 23.9 Å². The van der Waals surface area contributed by atoms with Crippen LogP contribution < -0.4 is 10.2 Å². The molecule has 2 heterocycles. The number of anilines is 1. The molecule has 2 amide bonds. The fourth-order valence-electron chi connectivity index (χ4n) is 6.85. The number of fused-ring (bicyclic) bond motifs is 1. The van der Waals surface area contributed by atoms with Crippen LogP contribution in [-0.4, -0.2) is 47.8 Å². The number of carbonyl (C=O) groups is 4. The molecule has 0 atom stereocenters. The molecule has 0 bridgehead atoms. The lowest BCUT2D eigenvalue weighted by atomic mass is 9.79. The Labute approximate surface area is 257 Å². The lowest BCUT2D eigenvalue weighted by Gasteiger charge is -2.31. The number of methoxy groups -OCH3 is 1.